The van der Waals surface area contributed by atoms with Crippen molar-refractivity contribution in [3.63, 3.8) is 0 Å². The molecule has 2 fully saturated rings. The molecular weight excluding hydrogens is 354 g/mol. The second-order valence-corrected chi connectivity index (χ2v) is 8.02. The van der Waals surface area contributed by atoms with Gasteiger partial charge in [0.25, 0.3) is 0 Å². The molecule has 0 bridgehead atoms. The van der Waals surface area contributed by atoms with Gasteiger partial charge in [0.05, 0.1) is 0 Å². The monoisotopic (exact) mass is 383 g/mol. The Morgan fingerprint density at radius 2 is 1.82 bits per heavy atom. The summed E-state index contributed by atoms with van der Waals surface area (Å²) >= 11 is 0. The lowest BCUT2D eigenvalue weighted by molar-refractivity contribution is -0.144. The number of anilines is 1. The highest BCUT2D eigenvalue weighted by molar-refractivity contribution is 6.07. The van der Waals surface area contributed by atoms with Crippen LogP contribution in [-0.2, 0) is 9.59 Å². The van der Waals surface area contributed by atoms with Crippen molar-refractivity contribution in [1.82, 2.24) is 20.2 Å². The number of hydrogen-bond acceptors (Lipinski definition) is 5. The number of nitrogens with one attached hydrogen (secondary N) is 1. The Hall–Kier alpha value is -2.44. The van der Waals surface area contributed by atoms with Gasteiger partial charge in [-0.05, 0) is 51.0 Å². The molecule has 0 unspecified atom stereocenters. The van der Waals surface area contributed by atoms with Gasteiger partial charge in [0.2, 0.25) is 17.8 Å². The van der Waals surface area contributed by atoms with Gasteiger partial charge in [-0.2, -0.15) is 0 Å². The Morgan fingerprint density at radius 3 is 2.46 bits per heavy atom. The molecule has 0 atom stereocenters. The smallest absolute Gasteiger partial charge is 0.238 e. The van der Waals surface area contributed by atoms with Crippen LogP contribution in [0.2, 0.25) is 0 Å². The molecule has 28 heavy (non-hydrogen) atoms. The highest BCUT2D eigenvalue weighted by Gasteiger charge is 2.58. The zero-order valence-corrected chi connectivity index (χ0v) is 16.4. The van der Waals surface area contributed by atoms with Crippen LogP contribution in [0.15, 0.2) is 30.1 Å². The largest absolute Gasteiger partial charge is 0.355 e. The van der Waals surface area contributed by atoms with Crippen LogP contribution in [0, 0.1) is 5.41 Å². The topological polar surface area (TPSA) is 78.4 Å². The summed E-state index contributed by atoms with van der Waals surface area (Å²) in [4.78, 5) is 38.2. The number of allylic oxidation sites excluding steroid dienone is 1. The van der Waals surface area contributed by atoms with E-state index in [2.05, 4.69) is 26.3 Å². The van der Waals surface area contributed by atoms with Crippen LogP contribution in [0.3, 0.4) is 0 Å². The molecule has 1 aliphatic heterocycles. The van der Waals surface area contributed by atoms with E-state index in [1.54, 1.807) is 18.5 Å². The fourth-order valence-corrected chi connectivity index (χ4v) is 4.17. The summed E-state index contributed by atoms with van der Waals surface area (Å²) in [6.45, 7) is 3.25. The van der Waals surface area contributed by atoms with E-state index in [-0.39, 0.29) is 11.8 Å². The number of piperazine rings is 1. The summed E-state index contributed by atoms with van der Waals surface area (Å²) in [7, 11) is 0. The number of nitrogens with zero attached hydrogens (tertiary/aromatic N) is 4. The number of carbonyl (C=O) groups is 2. The van der Waals surface area contributed by atoms with Gasteiger partial charge in [-0.3, -0.25) is 9.59 Å². The summed E-state index contributed by atoms with van der Waals surface area (Å²) < 4.78 is 0. The molecule has 1 saturated heterocycles. The highest BCUT2D eigenvalue weighted by atomic mass is 16.2. The molecule has 2 amide bonds. The fourth-order valence-electron chi connectivity index (χ4n) is 4.17. The Morgan fingerprint density at radius 1 is 1.07 bits per heavy atom. The second-order valence-electron chi connectivity index (χ2n) is 8.02. The Bertz CT molecular complexity index is 736. The molecule has 1 N–H and O–H groups in total. The maximum atomic E-state index is 13.0. The molecule has 150 valence electrons. The highest BCUT2D eigenvalue weighted by Crippen LogP contribution is 2.47. The van der Waals surface area contributed by atoms with E-state index >= 15 is 0 Å². The zero-order valence-electron chi connectivity index (χ0n) is 16.4. The van der Waals surface area contributed by atoms with Gasteiger partial charge in [-0.15, -0.1) is 0 Å². The molecule has 4 rings (SSSR count). The maximum absolute atomic E-state index is 13.0. The van der Waals surface area contributed by atoms with Crippen LogP contribution in [0.1, 0.15) is 44.9 Å². The van der Waals surface area contributed by atoms with Crippen LogP contribution in [0.25, 0.3) is 0 Å². The predicted molar refractivity (Wildman–Crippen MR) is 107 cm³/mol. The molecule has 1 aromatic heterocycles. The van der Waals surface area contributed by atoms with E-state index in [4.69, 9.17) is 0 Å². The summed E-state index contributed by atoms with van der Waals surface area (Å²) in [5, 5.41) is 3.03. The average molecular weight is 383 g/mol. The summed E-state index contributed by atoms with van der Waals surface area (Å²) in [6.07, 6.45) is 12.8. The minimum atomic E-state index is -0.813. The van der Waals surface area contributed by atoms with Crippen LogP contribution in [0.4, 0.5) is 5.95 Å². The lowest BCUT2D eigenvalue weighted by Gasteiger charge is -2.36. The molecule has 0 aromatic carbocycles. The third kappa shape index (κ3) is 4.03. The first-order valence-corrected chi connectivity index (χ1v) is 10.5. The van der Waals surface area contributed by atoms with Crippen LogP contribution < -0.4 is 10.2 Å². The molecule has 7 nitrogen and oxygen atoms in total. The first kappa shape index (κ1) is 18.9. The van der Waals surface area contributed by atoms with Crippen molar-refractivity contribution in [2.45, 2.75) is 44.9 Å². The minimum Gasteiger partial charge on any atom is -0.355 e. The van der Waals surface area contributed by atoms with Crippen molar-refractivity contribution in [2.24, 2.45) is 5.41 Å². The van der Waals surface area contributed by atoms with Gasteiger partial charge < -0.3 is 15.1 Å². The number of amides is 2. The quantitative estimate of drug-likeness (QED) is 0.600. The number of hydrogen-bond donors (Lipinski definition) is 1. The van der Waals surface area contributed by atoms with Crippen molar-refractivity contribution >= 4 is 17.8 Å². The minimum absolute atomic E-state index is 0.00416. The van der Waals surface area contributed by atoms with Gasteiger partial charge >= 0.3 is 0 Å². The van der Waals surface area contributed by atoms with E-state index in [1.807, 2.05) is 4.90 Å². The van der Waals surface area contributed by atoms with Gasteiger partial charge in [-0.25, -0.2) is 9.97 Å². The number of aromatic nitrogens is 2. The third-order valence-corrected chi connectivity index (χ3v) is 6.11. The molecule has 1 saturated carbocycles. The summed E-state index contributed by atoms with van der Waals surface area (Å²) in [5.41, 5.74) is 0.633. The van der Waals surface area contributed by atoms with Crippen LogP contribution >= 0.6 is 0 Å². The van der Waals surface area contributed by atoms with Gasteiger partial charge in [0.1, 0.15) is 5.41 Å². The Kier molecular flexibility index (Phi) is 5.59. The van der Waals surface area contributed by atoms with Crippen LogP contribution in [0.5, 0.6) is 0 Å². The van der Waals surface area contributed by atoms with Crippen molar-refractivity contribution in [2.75, 3.05) is 37.6 Å². The SMILES string of the molecule is O=C(NCCC1=CCCCC1)C1(C(=O)N2CCN(c3ncccn3)CC2)CC1. The lowest BCUT2D eigenvalue weighted by Crippen LogP contribution is -2.53. The number of rotatable bonds is 6. The van der Waals surface area contributed by atoms with Crippen LogP contribution in [-0.4, -0.2) is 59.4 Å². The molecule has 3 aliphatic rings. The summed E-state index contributed by atoms with van der Waals surface area (Å²) in [6, 6.07) is 1.80. The first-order valence-electron chi connectivity index (χ1n) is 10.5. The maximum Gasteiger partial charge on any atom is 0.238 e. The van der Waals surface area contributed by atoms with Crippen molar-refractivity contribution < 1.29 is 9.59 Å². The Labute approximate surface area is 166 Å². The van der Waals surface area contributed by atoms with E-state index < -0.39 is 5.41 Å². The molecule has 7 heteroatoms. The van der Waals surface area contributed by atoms with E-state index in [0.29, 0.717) is 51.5 Å². The van der Waals surface area contributed by atoms with Crippen molar-refractivity contribution in [1.29, 1.82) is 0 Å². The number of carbonyl (C=O) groups excluding carboxylic acids is 2. The van der Waals surface area contributed by atoms with E-state index in [0.717, 1.165) is 19.3 Å². The lowest BCUT2D eigenvalue weighted by atomic mass is 9.97. The van der Waals surface area contributed by atoms with Gasteiger partial charge in [0.15, 0.2) is 0 Å². The Balaban J connectivity index is 1.27. The zero-order chi connectivity index (χ0) is 19.4. The molecule has 2 heterocycles. The molecule has 0 radical (unpaired) electrons. The normalized spacial score (nSPS) is 21.1. The molecule has 0 spiro atoms. The van der Waals surface area contributed by atoms with Crippen molar-refractivity contribution in [3.05, 3.63) is 30.1 Å². The first-order chi connectivity index (χ1) is 13.7. The van der Waals surface area contributed by atoms with E-state index in [1.165, 1.54) is 18.4 Å². The second kappa shape index (κ2) is 8.29. The fraction of sp³-hybridized carbons (Fsp3) is 0.619. The molecular formula is C21H29N5O2. The average Bonchev–Trinajstić information content (AvgIpc) is 3.57. The summed E-state index contributed by atoms with van der Waals surface area (Å²) in [5.74, 6) is 0.615. The molecule has 1 aromatic rings. The van der Waals surface area contributed by atoms with Gasteiger partial charge in [0, 0.05) is 45.1 Å². The molecule has 2 aliphatic carbocycles. The van der Waals surface area contributed by atoms with E-state index in [9.17, 15) is 9.59 Å². The predicted octanol–water partition coefficient (Wildman–Crippen LogP) is 1.91. The standard InChI is InChI=1S/C21H29N5O2/c27-18(22-12-7-17-5-2-1-3-6-17)21(8-9-21)19(28)25-13-15-26(16-14-25)20-23-10-4-11-24-20/h4-5,10-11H,1-3,6-9,12-16H2,(H,22,27). The third-order valence-electron chi connectivity index (χ3n) is 6.11. The van der Waals surface area contributed by atoms with Crippen molar-refractivity contribution in [3.8, 4) is 0 Å². The van der Waals surface area contributed by atoms with Gasteiger partial charge in [-0.1, -0.05) is 11.6 Å².